The number of carboxylic acids is 2. The molecule has 0 radical (unpaired) electrons. The van der Waals surface area contributed by atoms with Crippen LogP contribution in [-0.2, 0) is 47.7 Å². The van der Waals surface area contributed by atoms with E-state index in [1.54, 1.807) is 109 Å². The molecule has 2 fully saturated rings. The minimum absolute atomic E-state index is 0.168. The Kier molecular flexibility index (Phi) is 28.9. The van der Waals surface area contributed by atoms with Crippen LogP contribution in [-0.4, -0.2) is 223 Å². The van der Waals surface area contributed by atoms with E-state index in [1.165, 1.54) is 23.5 Å². The first-order valence-corrected chi connectivity index (χ1v) is 31.7. The van der Waals surface area contributed by atoms with Crippen LogP contribution < -0.4 is 31.9 Å². The van der Waals surface area contributed by atoms with Crippen molar-refractivity contribution in [3.8, 4) is 34.8 Å². The SMILES string of the molecule is CC(=O)N[C@H]1[C@H]([C@H](O)[C@H](O)CNC(=O)C#Cc2ccccc2)O[C@@](OCCCSCCNC(=O)c2ccc(-c3ccc(C(=O)NCCSCCCO[C@]4(C(=O)O)C[C@H](O)[C@@H](NC(C)=O)[C@H]([C@H](O)[C@H](O)CNC(=O)C#Cc5ccccc5)O4)cc3)cc2)(C(=O)O)C[C@@H]1O. The molecule has 0 bridgehead atoms. The van der Waals surface area contributed by atoms with E-state index in [2.05, 4.69) is 55.6 Å². The van der Waals surface area contributed by atoms with Gasteiger partial charge in [-0.15, -0.1) is 0 Å². The summed E-state index contributed by atoms with van der Waals surface area (Å²) in [5.74, 6) is 0.308. The number of aliphatic hydroxyl groups is 6. The van der Waals surface area contributed by atoms with E-state index in [9.17, 15) is 79.2 Å². The number of thioether (sulfide) groups is 2. The number of nitrogens with one attached hydrogen (secondary N) is 6. The fourth-order valence-electron chi connectivity index (χ4n) is 9.67. The van der Waals surface area contributed by atoms with Crippen LogP contribution in [0, 0.1) is 23.7 Å². The van der Waals surface area contributed by atoms with Gasteiger partial charge in [0.25, 0.3) is 35.2 Å². The molecular formula is C64H76N6O20S2. The van der Waals surface area contributed by atoms with Crippen LogP contribution in [0.5, 0.6) is 0 Å². The van der Waals surface area contributed by atoms with Gasteiger partial charge < -0.3 is 91.7 Å². The molecule has 26 nitrogen and oxygen atoms in total. The second kappa shape index (κ2) is 36.3. The zero-order valence-corrected chi connectivity index (χ0v) is 52.0. The largest absolute Gasteiger partial charge is 0.477 e. The Morgan fingerprint density at radius 2 is 0.891 bits per heavy atom. The number of hydrogen-bond donors (Lipinski definition) is 14. The van der Waals surface area contributed by atoms with Crippen LogP contribution in [0.1, 0.15) is 71.4 Å². The van der Waals surface area contributed by atoms with Gasteiger partial charge in [0.15, 0.2) is 0 Å². The normalized spacial score (nSPS) is 22.2. The molecule has 4 aromatic carbocycles. The van der Waals surface area contributed by atoms with E-state index in [0.717, 1.165) is 25.0 Å². The summed E-state index contributed by atoms with van der Waals surface area (Å²) in [6.07, 6.45) is -14.6. The maximum absolute atomic E-state index is 13.0. The molecule has 0 saturated carbocycles. The Balaban J connectivity index is 0.865. The van der Waals surface area contributed by atoms with Gasteiger partial charge in [0, 0.05) is 98.5 Å². The third-order valence-corrected chi connectivity index (χ3v) is 16.5. The summed E-state index contributed by atoms with van der Waals surface area (Å²) in [7, 11) is 0. The van der Waals surface area contributed by atoms with Crippen molar-refractivity contribution in [2.45, 2.75) is 112 Å². The number of carboxylic acid groups (broad SMARTS) is 2. The highest BCUT2D eigenvalue weighted by atomic mass is 32.2. The van der Waals surface area contributed by atoms with Crippen molar-refractivity contribution >= 4 is 70.9 Å². The third kappa shape index (κ3) is 22.1. The average molecular weight is 1310 g/mol. The smallest absolute Gasteiger partial charge is 0.364 e. The van der Waals surface area contributed by atoms with Crippen LogP contribution in [0.25, 0.3) is 11.1 Å². The highest BCUT2D eigenvalue weighted by Gasteiger charge is 2.57. The quantitative estimate of drug-likeness (QED) is 0.0228. The summed E-state index contributed by atoms with van der Waals surface area (Å²) < 4.78 is 23.0. The van der Waals surface area contributed by atoms with Gasteiger partial charge in [0.1, 0.15) is 24.4 Å². The number of ether oxygens (including phenoxy) is 4. The van der Waals surface area contributed by atoms with Gasteiger partial charge in [-0.1, -0.05) is 72.5 Å². The summed E-state index contributed by atoms with van der Waals surface area (Å²) >= 11 is 2.90. The fourth-order valence-corrected chi connectivity index (χ4v) is 11.2. The summed E-state index contributed by atoms with van der Waals surface area (Å²) in [5.41, 5.74) is 3.53. The predicted molar refractivity (Wildman–Crippen MR) is 336 cm³/mol. The summed E-state index contributed by atoms with van der Waals surface area (Å²) in [6.45, 7) is 1.47. The van der Waals surface area contributed by atoms with E-state index in [4.69, 9.17) is 18.9 Å². The molecule has 2 heterocycles. The fraction of sp³-hybridized carbons (Fsp3) is 0.438. The Morgan fingerprint density at radius 1 is 0.533 bits per heavy atom. The number of hydrogen-bond acceptors (Lipinski definition) is 20. The number of benzene rings is 4. The number of amides is 6. The Morgan fingerprint density at radius 3 is 1.23 bits per heavy atom. The van der Waals surface area contributed by atoms with Crippen molar-refractivity contribution in [2.75, 3.05) is 62.4 Å². The van der Waals surface area contributed by atoms with Crippen LogP contribution in [0.4, 0.5) is 0 Å². The molecule has 92 heavy (non-hydrogen) atoms. The molecule has 0 unspecified atom stereocenters. The molecule has 6 amide bonds. The van der Waals surface area contributed by atoms with E-state index >= 15 is 0 Å². The molecule has 6 rings (SSSR count). The van der Waals surface area contributed by atoms with E-state index in [0.29, 0.717) is 71.2 Å². The average Bonchev–Trinajstić information content (AvgIpc) is 0.782. The molecular weight excluding hydrogens is 1240 g/mol. The molecule has 2 aliphatic rings. The van der Waals surface area contributed by atoms with Gasteiger partial charge in [-0.2, -0.15) is 23.5 Å². The van der Waals surface area contributed by atoms with Gasteiger partial charge in [-0.05, 0) is 84.0 Å². The van der Waals surface area contributed by atoms with Crippen molar-refractivity contribution in [3.63, 3.8) is 0 Å². The minimum atomic E-state index is -2.48. The van der Waals surface area contributed by atoms with E-state index < -0.39 is 134 Å². The number of carbonyl (C=O) groups is 8. The maximum atomic E-state index is 13.0. The van der Waals surface area contributed by atoms with Crippen molar-refractivity contribution in [1.82, 2.24) is 31.9 Å². The third-order valence-electron chi connectivity index (χ3n) is 14.4. The molecule has 4 aromatic rings. The lowest BCUT2D eigenvalue weighted by molar-refractivity contribution is -0.310. The molecule has 14 N–H and O–H groups in total. The second-order valence-corrected chi connectivity index (χ2v) is 23.8. The molecule has 2 aliphatic heterocycles. The topological polar surface area (TPSA) is 408 Å². The van der Waals surface area contributed by atoms with E-state index in [-0.39, 0.29) is 25.0 Å². The summed E-state index contributed by atoms with van der Waals surface area (Å²) in [4.78, 5) is 100. The second-order valence-electron chi connectivity index (χ2n) is 21.3. The standard InChI is InChI=1S/C64H76N6O20S2/c1-39(71)69-53-47(73)35-63(61(83)84,89-57(53)55(79)49(75)37-67-51(77)25-15-41-11-5-3-6-12-41)87-29-9-31-91-33-27-65-59(81)45-21-17-43(18-22-45)44-19-23-46(24-20-44)60(82)66-28-34-92-32-10-30-88-64(62(85)86)36-48(74)54(70-40(2)72)58(90-64)56(80)50(76)38-68-52(78)26-16-42-13-7-4-8-14-42/h3-8,11-14,17-24,47-50,53-58,73-76,79-80H,9-10,27-38H2,1-2H3,(H,65,81)(H,66,82)(H,67,77)(H,68,78)(H,69,71)(H,70,72)(H,83,84)(H,85,86)/t47-,48-,49+,50+,53+,54+,55+,56+,57+,58+,63+,64+/m0/s1. The molecule has 0 aliphatic carbocycles. The molecule has 0 spiro atoms. The lowest BCUT2D eigenvalue weighted by Gasteiger charge is -2.46. The van der Waals surface area contributed by atoms with Crippen LogP contribution in [0.2, 0.25) is 0 Å². The number of rotatable bonds is 31. The lowest BCUT2D eigenvalue weighted by atomic mass is 9.88. The van der Waals surface area contributed by atoms with Gasteiger partial charge in [0.05, 0.1) is 49.7 Å². The van der Waals surface area contributed by atoms with E-state index in [1.807, 2.05) is 0 Å². The zero-order valence-electron chi connectivity index (χ0n) is 50.4. The van der Waals surface area contributed by atoms with Crippen LogP contribution in [0.3, 0.4) is 0 Å². The minimum Gasteiger partial charge on any atom is -0.477 e. The first kappa shape index (κ1) is 73.1. The molecule has 2 saturated heterocycles. The Bertz CT molecular complexity index is 3040. The molecule has 12 atom stereocenters. The number of aliphatic carboxylic acids is 2. The zero-order chi connectivity index (χ0) is 66.8. The van der Waals surface area contributed by atoms with Crippen LogP contribution >= 0.6 is 23.5 Å². The number of aliphatic hydroxyl groups excluding tert-OH is 6. The predicted octanol–water partition coefficient (Wildman–Crippen LogP) is -0.257. The highest BCUT2D eigenvalue weighted by molar-refractivity contribution is 7.99. The first-order valence-electron chi connectivity index (χ1n) is 29.4. The highest BCUT2D eigenvalue weighted by Crippen LogP contribution is 2.36. The molecule has 28 heteroatoms. The van der Waals surface area contributed by atoms with Crippen molar-refractivity contribution in [1.29, 1.82) is 0 Å². The van der Waals surface area contributed by atoms with Crippen molar-refractivity contribution in [2.24, 2.45) is 0 Å². The summed E-state index contributed by atoms with van der Waals surface area (Å²) in [6, 6.07) is 28.3. The maximum Gasteiger partial charge on any atom is 0.364 e. The monoisotopic (exact) mass is 1310 g/mol. The van der Waals surface area contributed by atoms with Gasteiger partial charge in [-0.25, -0.2) is 9.59 Å². The lowest BCUT2D eigenvalue weighted by Crippen LogP contribution is -2.68. The van der Waals surface area contributed by atoms with Crippen molar-refractivity contribution in [3.05, 3.63) is 131 Å². The Labute approximate surface area is 539 Å². The first-order chi connectivity index (χ1) is 44.0. The van der Waals surface area contributed by atoms with Gasteiger partial charge >= 0.3 is 11.9 Å². The van der Waals surface area contributed by atoms with Gasteiger partial charge in [-0.3, -0.25) is 28.8 Å². The molecule has 494 valence electrons. The van der Waals surface area contributed by atoms with Crippen molar-refractivity contribution < 1.29 is 98.2 Å². The molecule has 0 aromatic heterocycles. The van der Waals surface area contributed by atoms with Crippen LogP contribution in [0.15, 0.2) is 109 Å². The number of carbonyl (C=O) groups excluding carboxylic acids is 6. The summed E-state index contributed by atoms with van der Waals surface area (Å²) in [5, 5.41) is 102. The van der Waals surface area contributed by atoms with Gasteiger partial charge in [0.2, 0.25) is 11.8 Å². The Hall–Kier alpha value is -7.94.